The Balaban J connectivity index is 3.11. The van der Waals surface area contributed by atoms with E-state index in [1.807, 2.05) is 0 Å². The summed E-state index contributed by atoms with van der Waals surface area (Å²) in [5, 5.41) is 0.460. The van der Waals surface area contributed by atoms with Gasteiger partial charge in [0.25, 0.3) is 0 Å². The van der Waals surface area contributed by atoms with E-state index >= 15 is 0 Å². The summed E-state index contributed by atoms with van der Waals surface area (Å²) in [5.74, 6) is -0.215. The molecule has 2 N–H and O–H groups in total. The van der Waals surface area contributed by atoms with Crippen LogP contribution in [0, 0.1) is 5.82 Å². The van der Waals surface area contributed by atoms with E-state index in [9.17, 15) is 4.39 Å². The zero-order valence-electron chi connectivity index (χ0n) is 7.31. The van der Waals surface area contributed by atoms with E-state index < -0.39 is 0 Å². The molecule has 0 atom stereocenters. The van der Waals surface area contributed by atoms with Crippen molar-refractivity contribution in [2.24, 2.45) is 5.73 Å². The molecule has 13 heavy (non-hydrogen) atoms. The number of rotatable bonds is 3. The van der Waals surface area contributed by atoms with Crippen LogP contribution in [-0.4, -0.2) is 13.7 Å². The fourth-order valence-corrected chi connectivity index (χ4v) is 1.34. The maximum absolute atomic E-state index is 13.4. The third kappa shape index (κ3) is 2.32. The highest BCUT2D eigenvalue weighted by Gasteiger charge is 2.09. The normalized spacial score (nSPS) is 10.2. The molecule has 1 aromatic rings. The molecule has 0 aliphatic rings. The van der Waals surface area contributed by atoms with Gasteiger partial charge in [0.2, 0.25) is 0 Å². The molecule has 0 heterocycles. The summed E-state index contributed by atoms with van der Waals surface area (Å²) in [4.78, 5) is 0. The van der Waals surface area contributed by atoms with Gasteiger partial charge in [-0.15, -0.1) is 0 Å². The monoisotopic (exact) mass is 203 g/mol. The summed E-state index contributed by atoms with van der Waals surface area (Å²) in [6.07, 6.45) is 0.461. The van der Waals surface area contributed by atoms with E-state index in [1.165, 1.54) is 13.2 Å². The molecule has 0 aromatic heterocycles. The molecular formula is C9H11ClFNO. The zero-order valence-corrected chi connectivity index (χ0v) is 8.07. The van der Waals surface area contributed by atoms with Gasteiger partial charge in [-0.25, -0.2) is 4.39 Å². The van der Waals surface area contributed by atoms with Crippen molar-refractivity contribution in [1.29, 1.82) is 0 Å². The van der Waals surface area contributed by atoms with E-state index in [2.05, 4.69) is 0 Å². The fraction of sp³-hybridized carbons (Fsp3) is 0.333. The standard InChI is InChI=1S/C9H11ClFNO/c1-13-8-5-7(10)4-6(2-3-12)9(8)11/h4-5H,2-3,12H2,1H3. The second-order valence-electron chi connectivity index (χ2n) is 2.62. The number of methoxy groups -OCH3 is 1. The largest absolute Gasteiger partial charge is 0.494 e. The third-order valence-electron chi connectivity index (χ3n) is 1.71. The lowest BCUT2D eigenvalue weighted by molar-refractivity contribution is 0.384. The first kappa shape index (κ1) is 10.3. The Bertz CT molecular complexity index is 304. The fourth-order valence-electron chi connectivity index (χ4n) is 1.10. The number of halogens is 2. The van der Waals surface area contributed by atoms with Crippen LogP contribution in [0.2, 0.25) is 5.02 Å². The van der Waals surface area contributed by atoms with Crippen LogP contribution in [0.4, 0.5) is 4.39 Å². The van der Waals surface area contributed by atoms with Gasteiger partial charge in [0, 0.05) is 11.1 Å². The van der Waals surface area contributed by atoms with Crippen LogP contribution in [0.25, 0.3) is 0 Å². The predicted molar refractivity (Wildman–Crippen MR) is 50.7 cm³/mol. The lowest BCUT2D eigenvalue weighted by atomic mass is 10.1. The van der Waals surface area contributed by atoms with Gasteiger partial charge in [-0.3, -0.25) is 0 Å². The Kier molecular flexibility index (Phi) is 3.51. The van der Waals surface area contributed by atoms with Crippen molar-refractivity contribution in [2.45, 2.75) is 6.42 Å². The quantitative estimate of drug-likeness (QED) is 0.816. The second-order valence-corrected chi connectivity index (χ2v) is 3.06. The Hall–Kier alpha value is -0.800. The van der Waals surface area contributed by atoms with Crippen molar-refractivity contribution >= 4 is 11.6 Å². The van der Waals surface area contributed by atoms with Gasteiger partial charge in [0.1, 0.15) is 0 Å². The number of benzene rings is 1. The smallest absolute Gasteiger partial charge is 0.168 e. The summed E-state index contributed by atoms with van der Waals surface area (Å²) >= 11 is 5.75. The Morgan fingerprint density at radius 3 is 2.77 bits per heavy atom. The first-order chi connectivity index (χ1) is 6.19. The molecule has 0 radical (unpaired) electrons. The zero-order chi connectivity index (χ0) is 9.84. The highest BCUT2D eigenvalue weighted by atomic mass is 35.5. The molecule has 2 nitrogen and oxygen atoms in total. The molecule has 0 bridgehead atoms. The van der Waals surface area contributed by atoms with Crippen molar-refractivity contribution < 1.29 is 9.13 Å². The topological polar surface area (TPSA) is 35.2 Å². The van der Waals surface area contributed by atoms with Crippen LogP contribution in [0.5, 0.6) is 5.75 Å². The molecule has 0 aliphatic heterocycles. The SMILES string of the molecule is COc1cc(Cl)cc(CCN)c1F. The molecule has 1 aromatic carbocycles. The van der Waals surface area contributed by atoms with Gasteiger partial charge in [-0.05, 0) is 24.6 Å². The maximum atomic E-state index is 13.4. The van der Waals surface area contributed by atoms with Gasteiger partial charge >= 0.3 is 0 Å². The van der Waals surface area contributed by atoms with Crippen LogP contribution >= 0.6 is 11.6 Å². The number of hydrogen-bond donors (Lipinski definition) is 1. The Morgan fingerprint density at radius 2 is 2.23 bits per heavy atom. The average Bonchev–Trinajstić information content (AvgIpc) is 2.11. The van der Waals surface area contributed by atoms with Crippen LogP contribution in [0.1, 0.15) is 5.56 Å². The summed E-state index contributed by atoms with van der Waals surface area (Å²) in [6, 6.07) is 3.00. The van der Waals surface area contributed by atoms with Crippen molar-refractivity contribution in [1.82, 2.24) is 0 Å². The van der Waals surface area contributed by atoms with Crippen molar-refractivity contribution in [3.63, 3.8) is 0 Å². The first-order valence-corrected chi connectivity index (χ1v) is 4.28. The second kappa shape index (κ2) is 4.44. The third-order valence-corrected chi connectivity index (χ3v) is 1.93. The maximum Gasteiger partial charge on any atom is 0.168 e. The van der Waals surface area contributed by atoms with Crippen LogP contribution < -0.4 is 10.5 Å². The Labute approximate surface area is 81.4 Å². The van der Waals surface area contributed by atoms with E-state index in [1.54, 1.807) is 6.07 Å². The molecule has 0 unspecified atom stereocenters. The minimum Gasteiger partial charge on any atom is -0.494 e. The minimum atomic E-state index is -0.377. The van der Waals surface area contributed by atoms with E-state index in [0.29, 0.717) is 23.6 Å². The molecule has 0 spiro atoms. The molecule has 1 rings (SSSR count). The lowest BCUT2D eigenvalue weighted by Gasteiger charge is -2.07. The molecule has 0 aliphatic carbocycles. The van der Waals surface area contributed by atoms with Crippen molar-refractivity contribution in [3.8, 4) is 5.75 Å². The molecule has 0 saturated carbocycles. The Morgan fingerprint density at radius 1 is 1.54 bits per heavy atom. The van der Waals surface area contributed by atoms with Gasteiger partial charge in [-0.2, -0.15) is 0 Å². The van der Waals surface area contributed by atoms with Gasteiger partial charge < -0.3 is 10.5 Å². The van der Waals surface area contributed by atoms with Gasteiger partial charge in [0.05, 0.1) is 7.11 Å². The highest BCUT2D eigenvalue weighted by molar-refractivity contribution is 6.30. The summed E-state index contributed by atoms with van der Waals surface area (Å²) in [7, 11) is 1.40. The highest BCUT2D eigenvalue weighted by Crippen LogP contribution is 2.25. The number of hydrogen-bond acceptors (Lipinski definition) is 2. The summed E-state index contributed by atoms with van der Waals surface area (Å²) in [6.45, 7) is 0.389. The van der Waals surface area contributed by atoms with E-state index in [4.69, 9.17) is 22.1 Å². The van der Waals surface area contributed by atoms with E-state index in [0.717, 1.165) is 0 Å². The van der Waals surface area contributed by atoms with Gasteiger partial charge in [0.15, 0.2) is 11.6 Å². The number of nitrogens with two attached hydrogens (primary N) is 1. The number of ether oxygens (including phenoxy) is 1. The minimum absolute atomic E-state index is 0.163. The molecule has 0 fully saturated rings. The average molecular weight is 204 g/mol. The van der Waals surface area contributed by atoms with Crippen molar-refractivity contribution in [3.05, 3.63) is 28.5 Å². The molecule has 0 amide bonds. The summed E-state index contributed by atoms with van der Waals surface area (Å²) in [5.41, 5.74) is 5.81. The molecule has 4 heteroatoms. The van der Waals surface area contributed by atoms with Crippen LogP contribution in [0.15, 0.2) is 12.1 Å². The lowest BCUT2D eigenvalue weighted by Crippen LogP contribution is -2.05. The van der Waals surface area contributed by atoms with Crippen molar-refractivity contribution in [2.75, 3.05) is 13.7 Å². The molecule has 72 valence electrons. The van der Waals surface area contributed by atoms with Gasteiger partial charge in [-0.1, -0.05) is 11.6 Å². The molecular weight excluding hydrogens is 193 g/mol. The first-order valence-electron chi connectivity index (χ1n) is 3.91. The summed E-state index contributed by atoms with van der Waals surface area (Å²) < 4.78 is 18.2. The van der Waals surface area contributed by atoms with E-state index in [-0.39, 0.29) is 11.6 Å². The van der Waals surface area contributed by atoms with Crippen LogP contribution in [0.3, 0.4) is 0 Å². The van der Waals surface area contributed by atoms with Crippen LogP contribution in [-0.2, 0) is 6.42 Å². The predicted octanol–water partition coefficient (Wildman–Crippen LogP) is 1.99. The molecule has 0 saturated heterocycles.